The van der Waals surface area contributed by atoms with E-state index in [1.807, 2.05) is 0 Å². The van der Waals surface area contributed by atoms with Crippen LogP contribution in [0.5, 0.6) is 0 Å². The van der Waals surface area contributed by atoms with Crippen molar-refractivity contribution < 1.29 is 17.6 Å². The van der Waals surface area contributed by atoms with E-state index in [2.05, 4.69) is 15.3 Å². The number of carbonyl (C=O) groups excluding carboxylic acids is 1. The first-order valence-corrected chi connectivity index (χ1v) is 8.83. The number of halogens is 1. The molecule has 126 valence electrons. The van der Waals surface area contributed by atoms with Crippen LogP contribution in [0.3, 0.4) is 0 Å². The fourth-order valence-electron chi connectivity index (χ4n) is 2.55. The van der Waals surface area contributed by atoms with E-state index >= 15 is 0 Å². The molecule has 0 saturated heterocycles. The minimum Gasteiger partial charge on any atom is -0.345 e. The fourth-order valence-corrected chi connectivity index (χ4v) is 3.09. The first-order valence-electron chi connectivity index (χ1n) is 7.29. The summed E-state index contributed by atoms with van der Waals surface area (Å²) in [5.74, 6) is -1.18. The minimum absolute atomic E-state index is 0.0190. The Labute approximate surface area is 138 Å². The number of aromatic nitrogens is 2. The number of primary sulfonamides is 1. The maximum atomic E-state index is 13.8. The van der Waals surface area contributed by atoms with Gasteiger partial charge in [0.15, 0.2) is 0 Å². The van der Waals surface area contributed by atoms with Crippen molar-refractivity contribution in [1.29, 1.82) is 0 Å². The van der Waals surface area contributed by atoms with Crippen LogP contribution in [-0.4, -0.2) is 24.3 Å². The molecule has 0 unspecified atom stereocenters. The number of sulfonamides is 1. The van der Waals surface area contributed by atoms with Gasteiger partial charge in [0, 0.05) is 11.9 Å². The molecule has 9 heteroatoms. The van der Waals surface area contributed by atoms with Gasteiger partial charge in [-0.25, -0.2) is 27.9 Å². The quantitative estimate of drug-likeness (QED) is 0.841. The van der Waals surface area contributed by atoms with Gasteiger partial charge in [-0.15, -0.1) is 0 Å². The highest BCUT2D eigenvalue weighted by molar-refractivity contribution is 7.89. The summed E-state index contributed by atoms with van der Waals surface area (Å²) in [4.78, 5) is 20.3. The average Bonchev–Trinajstić information content (AvgIpc) is 2.99. The summed E-state index contributed by atoms with van der Waals surface area (Å²) in [6.07, 6.45) is 4.60. The lowest BCUT2D eigenvalue weighted by atomic mass is 10.2. The molecule has 0 bridgehead atoms. The molecule has 0 radical (unpaired) electrons. The molecule has 0 fully saturated rings. The van der Waals surface area contributed by atoms with Crippen molar-refractivity contribution in [2.45, 2.75) is 30.7 Å². The highest BCUT2D eigenvalue weighted by atomic mass is 32.2. The topological polar surface area (TPSA) is 115 Å². The summed E-state index contributed by atoms with van der Waals surface area (Å²) in [6.45, 7) is 0.0190. The standard InChI is InChI=1S/C15H15FN4O3S/c16-12-5-4-10(24(17,22)23)6-11(12)15(21)19-8-14-18-7-9-2-1-3-13(9)20-14/h4-7H,1-3,8H2,(H,19,21)(H2,17,22,23). The third-order valence-electron chi connectivity index (χ3n) is 3.78. The van der Waals surface area contributed by atoms with E-state index < -0.39 is 27.3 Å². The average molecular weight is 350 g/mol. The first-order chi connectivity index (χ1) is 11.3. The minimum atomic E-state index is -4.02. The van der Waals surface area contributed by atoms with Gasteiger partial charge in [0.05, 0.1) is 17.0 Å². The van der Waals surface area contributed by atoms with E-state index in [0.29, 0.717) is 5.82 Å². The van der Waals surface area contributed by atoms with Crippen LogP contribution in [0.1, 0.15) is 33.9 Å². The molecule has 1 aliphatic rings. The van der Waals surface area contributed by atoms with E-state index in [-0.39, 0.29) is 11.4 Å². The second-order valence-electron chi connectivity index (χ2n) is 5.48. The molecule has 0 saturated carbocycles. The van der Waals surface area contributed by atoms with Crippen LogP contribution in [0.25, 0.3) is 0 Å². The zero-order valence-electron chi connectivity index (χ0n) is 12.6. The van der Waals surface area contributed by atoms with Gasteiger partial charge < -0.3 is 5.32 Å². The summed E-state index contributed by atoms with van der Waals surface area (Å²) < 4.78 is 36.4. The Bertz CT molecular complexity index is 915. The Kier molecular flexibility index (Phi) is 4.29. The highest BCUT2D eigenvalue weighted by Crippen LogP contribution is 2.18. The Hall–Kier alpha value is -2.39. The molecule has 1 aromatic heterocycles. The van der Waals surface area contributed by atoms with Crippen molar-refractivity contribution in [2.75, 3.05) is 0 Å². The van der Waals surface area contributed by atoms with Crippen LogP contribution in [0.15, 0.2) is 29.3 Å². The molecule has 0 atom stereocenters. The molecule has 2 aromatic rings. The van der Waals surface area contributed by atoms with Gasteiger partial charge in [0.2, 0.25) is 10.0 Å². The highest BCUT2D eigenvalue weighted by Gasteiger charge is 2.18. The second-order valence-corrected chi connectivity index (χ2v) is 7.04. The molecular formula is C15H15FN4O3S. The van der Waals surface area contributed by atoms with Crippen LogP contribution >= 0.6 is 0 Å². The Balaban J connectivity index is 1.75. The maximum absolute atomic E-state index is 13.8. The van der Waals surface area contributed by atoms with Crippen molar-refractivity contribution in [3.8, 4) is 0 Å². The maximum Gasteiger partial charge on any atom is 0.254 e. The van der Waals surface area contributed by atoms with Crippen LogP contribution in [0.4, 0.5) is 4.39 Å². The monoisotopic (exact) mass is 350 g/mol. The molecule has 1 aromatic carbocycles. The van der Waals surface area contributed by atoms with Crippen molar-refractivity contribution >= 4 is 15.9 Å². The number of fused-ring (bicyclic) bond motifs is 1. The Morgan fingerprint density at radius 2 is 2.12 bits per heavy atom. The summed E-state index contributed by atoms with van der Waals surface area (Å²) >= 11 is 0. The normalized spacial score (nSPS) is 13.6. The van der Waals surface area contributed by atoms with E-state index in [0.717, 1.165) is 48.7 Å². The number of nitrogens with zero attached hydrogens (tertiary/aromatic N) is 2. The Morgan fingerprint density at radius 1 is 1.33 bits per heavy atom. The van der Waals surface area contributed by atoms with E-state index in [4.69, 9.17) is 5.14 Å². The van der Waals surface area contributed by atoms with Crippen molar-refractivity contribution in [2.24, 2.45) is 5.14 Å². The molecule has 3 N–H and O–H groups in total. The molecule has 1 amide bonds. The van der Waals surface area contributed by atoms with Gasteiger partial charge in [0.1, 0.15) is 11.6 Å². The van der Waals surface area contributed by atoms with Crippen molar-refractivity contribution in [3.63, 3.8) is 0 Å². The van der Waals surface area contributed by atoms with E-state index in [1.54, 1.807) is 6.20 Å². The summed E-state index contributed by atoms with van der Waals surface area (Å²) in [6, 6.07) is 2.80. The van der Waals surface area contributed by atoms with Crippen molar-refractivity contribution in [3.05, 3.63) is 52.9 Å². The molecule has 0 spiro atoms. The van der Waals surface area contributed by atoms with Gasteiger partial charge in [-0.05, 0) is 43.0 Å². The van der Waals surface area contributed by atoms with Gasteiger partial charge in [-0.3, -0.25) is 4.79 Å². The molecule has 3 rings (SSSR count). The predicted octanol–water partition coefficient (Wildman–Crippen LogP) is 0.682. The third kappa shape index (κ3) is 3.41. The lowest BCUT2D eigenvalue weighted by Crippen LogP contribution is -2.25. The lowest BCUT2D eigenvalue weighted by molar-refractivity contribution is 0.0945. The zero-order chi connectivity index (χ0) is 17.3. The van der Waals surface area contributed by atoms with Gasteiger partial charge in [0.25, 0.3) is 5.91 Å². The number of benzene rings is 1. The van der Waals surface area contributed by atoms with E-state index in [9.17, 15) is 17.6 Å². The lowest BCUT2D eigenvalue weighted by Gasteiger charge is -2.08. The molecule has 1 heterocycles. The van der Waals surface area contributed by atoms with Crippen LogP contribution < -0.4 is 10.5 Å². The fraction of sp³-hybridized carbons (Fsp3) is 0.267. The SMILES string of the molecule is NS(=O)(=O)c1ccc(F)c(C(=O)NCc2ncc3c(n2)CCC3)c1. The van der Waals surface area contributed by atoms with Crippen molar-refractivity contribution in [1.82, 2.24) is 15.3 Å². The molecule has 0 aliphatic heterocycles. The molecule has 1 aliphatic carbocycles. The number of nitrogens with two attached hydrogens (primary N) is 1. The first kappa shape index (κ1) is 16.5. The number of carbonyl (C=O) groups is 1. The molecule has 7 nitrogen and oxygen atoms in total. The number of hydrogen-bond acceptors (Lipinski definition) is 5. The molecule has 24 heavy (non-hydrogen) atoms. The number of amides is 1. The van der Waals surface area contributed by atoms with Gasteiger partial charge in [-0.2, -0.15) is 0 Å². The third-order valence-corrected chi connectivity index (χ3v) is 4.69. The zero-order valence-corrected chi connectivity index (χ0v) is 13.4. The smallest absolute Gasteiger partial charge is 0.254 e. The van der Waals surface area contributed by atoms with E-state index in [1.165, 1.54) is 0 Å². The largest absolute Gasteiger partial charge is 0.345 e. The number of rotatable bonds is 4. The predicted molar refractivity (Wildman–Crippen MR) is 83.0 cm³/mol. The van der Waals surface area contributed by atoms with Crippen LogP contribution in [0, 0.1) is 5.82 Å². The van der Waals surface area contributed by atoms with Crippen LogP contribution in [0.2, 0.25) is 0 Å². The summed E-state index contributed by atoms with van der Waals surface area (Å²) in [5, 5.41) is 7.48. The Morgan fingerprint density at radius 3 is 2.88 bits per heavy atom. The van der Waals surface area contributed by atoms with Gasteiger partial charge >= 0.3 is 0 Å². The number of aryl methyl sites for hydroxylation is 2. The van der Waals surface area contributed by atoms with Crippen LogP contribution in [-0.2, 0) is 29.4 Å². The van der Waals surface area contributed by atoms with Gasteiger partial charge in [-0.1, -0.05) is 0 Å². The second kappa shape index (κ2) is 6.25. The number of nitrogens with one attached hydrogen (secondary N) is 1. The summed E-state index contributed by atoms with van der Waals surface area (Å²) in [5.41, 5.74) is 1.68. The molecular weight excluding hydrogens is 335 g/mol. The summed E-state index contributed by atoms with van der Waals surface area (Å²) in [7, 11) is -4.02. The number of hydrogen-bond donors (Lipinski definition) is 2.